The molecular formula is C14H20N4O2S2. The lowest BCUT2D eigenvalue weighted by molar-refractivity contribution is 0.342. The molecule has 6 nitrogen and oxygen atoms in total. The Balaban J connectivity index is 1.80. The molecular weight excluding hydrogens is 320 g/mol. The van der Waals surface area contributed by atoms with Gasteiger partial charge in [-0.1, -0.05) is 13.0 Å². The molecule has 1 atom stereocenters. The molecule has 2 heterocycles. The zero-order chi connectivity index (χ0) is 15.7. The molecule has 120 valence electrons. The lowest BCUT2D eigenvalue weighted by Crippen LogP contribution is -2.31. The Morgan fingerprint density at radius 2 is 2.23 bits per heavy atom. The van der Waals surface area contributed by atoms with Crippen LogP contribution >= 0.6 is 11.7 Å². The van der Waals surface area contributed by atoms with Gasteiger partial charge in [-0.3, -0.25) is 0 Å². The van der Waals surface area contributed by atoms with Gasteiger partial charge in [-0.05, 0) is 44.0 Å². The molecule has 0 unspecified atom stereocenters. The number of benzene rings is 1. The van der Waals surface area contributed by atoms with E-state index in [2.05, 4.69) is 25.3 Å². The fraction of sp³-hybridized carbons (Fsp3) is 0.571. The Labute approximate surface area is 134 Å². The number of likely N-dealkylation sites (tertiary alicyclic amines) is 1. The van der Waals surface area contributed by atoms with Gasteiger partial charge >= 0.3 is 0 Å². The Morgan fingerprint density at radius 1 is 1.41 bits per heavy atom. The second-order valence-electron chi connectivity index (χ2n) is 5.74. The topological polar surface area (TPSA) is 75.2 Å². The maximum absolute atomic E-state index is 12.7. The molecule has 1 aliphatic rings. The van der Waals surface area contributed by atoms with Crippen LogP contribution in [0.15, 0.2) is 17.0 Å². The van der Waals surface area contributed by atoms with E-state index < -0.39 is 10.0 Å². The fourth-order valence-corrected chi connectivity index (χ4v) is 5.03. The maximum atomic E-state index is 12.7. The zero-order valence-electron chi connectivity index (χ0n) is 12.7. The first-order valence-corrected chi connectivity index (χ1v) is 9.66. The highest BCUT2D eigenvalue weighted by Crippen LogP contribution is 2.25. The van der Waals surface area contributed by atoms with Gasteiger partial charge in [-0.15, -0.1) is 0 Å². The standard InChI is InChI=1S/C14H20N4O2S2/c1-3-18-7-6-11(9-18)8-15-22(19,20)14-10(2)4-5-12-13(14)17-21-16-12/h4-5,11,15H,3,6-9H2,1-2H3/t11-/m0/s1. The van der Waals surface area contributed by atoms with E-state index in [1.54, 1.807) is 13.0 Å². The molecule has 1 N–H and O–H groups in total. The fourth-order valence-electron chi connectivity index (χ4n) is 2.93. The minimum absolute atomic E-state index is 0.268. The highest BCUT2D eigenvalue weighted by molar-refractivity contribution is 7.89. The summed E-state index contributed by atoms with van der Waals surface area (Å²) in [5, 5.41) is 0. The maximum Gasteiger partial charge on any atom is 0.243 e. The molecule has 1 fully saturated rings. The minimum atomic E-state index is -3.56. The summed E-state index contributed by atoms with van der Waals surface area (Å²) in [6, 6.07) is 3.59. The van der Waals surface area contributed by atoms with E-state index in [-0.39, 0.29) is 4.90 Å². The first-order valence-electron chi connectivity index (χ1n) is 7.45. The van der Waals surface area contributed by atoms with Crippen molar-refractivity contribution in [2.75, 3.05) is 26.2 Å². The molecule has 1 aromatic carbocycles. The second kappa shape index (κ2) is 6.19. The Bertz CT molecular complexity index is 772. The molecule has 0 spiro atoms. The zero-order valence-corrected chi connectivity index (χ0v) is 14.4. The highest BCUT2D eigenvalue weighted by atomic mass is 32.2. The van der Waals surface area contributed by atoms with Crippen LogP contribution in [0.2, 0.25) is 0 Å². The van der Waals surface area contributed by atoms with Gasteiger partial charge in [-0.25, -0.2) is 13.1 Å². The van der Waals surface area contributed by atoms with Crippen LogP contribution < -0.4 is 4.72 Å². The van der Waals surface area contributed by atoms with Crippen molar-refractivity contribution in [3.63, 3.8) is 0 Å². The predicted octanol–water partition coefficient (Wildman–Crippen LogP) is 1.62. The number of fused-ring (bicyclic) bond motifs is 1. The molecule has 1 saturated heterocycles. The summed E-state index contributed by atoms with van der Waals surface area (Å²) < 4.78 is 36.4. The molecule has 22 heavy (non-hydrogen) atoms. The summed E-state index contributed by atoms with van der Waals surface area (Å²) in [5.74, 6) is 0.378. The van der Waals surface area contributed by atoms with Crippen molar-refractivity contribution in [3.05, 3.63) is 17.7 Å². The number of rotatable bonds is 5. The Morgan fingerprint density at radius 3 is 2.95 bits per heavy atom. The van der Waals surface area contributed by atoms with Gasteiger partial charge < -0.3 is 4.90 Å². The number of nitrogens with one attached hydrogen (secondary N) is 1. The summed E-state index contributed by atoms with van der Waals surface area (Å²) in [4.78, 5) is 2.61. The number of aryl methyl sites for hydroxylation is 1. The number of hydrogen-bond acceptors (Lipinski definition) is 6. The van der Waals surface area contributed by atoms with Crippen molar-refractivity contribution in [1.29, 1.82) is 0 Å². The SMILES string of the molecule is CCN1CC[C@@H](CNS(=O)(=O)c2c(C)ccc3nsnc23)C1. The summed E-state index contributed by atoms with van der Waals surface area (Å²) in [5.41, 5.74) is 1.81. The van der Waals surface area contributed by atoms with Crippen LogP contribution in [0.5, 0.6) is 0 Å². The van der Waals surface area contributed by atoms with Gasteiger partial charge in [0.1, 0.15) is 15.9 Å². The second-order valence-corrected chi connectivity index (χ2v) is 7.98. The molecule has 3 rings (SSSR count). The first kappa shape index (κ1) is 15.8. The Hall–Kier alpha value is -1.09. The van der Waals surface area contributed by atoms with E-state index in [1.165, 1.54) is 0 Å². The average molecular weight is 340 g/mol. The van der Waals surface area contributed by atoms with E-state index in [9.17, 15) is 8.42 Å². The van der Waals surface area contributed by atoms with Crippen LogP contribution in [0.25, 0.3) is 11.0 Å². The van der Waals surface area contributed by atoms with Gasteiger partial charge in [0.25, 0.3) is 0 Å². The molecule has 0 amide bonds. The molecule has 8 heteroatoms. The molecule has 0 aliphatic carbocycles. The van der Waals surface area contributed by atoms with E-state index in [0.29, 0.717) is 29.1 Å². The molecule has 0 saturated carbocycles. The molecule has 1 aliphatic heterocycles. The first-order chi connectivity index (χ1) is 10.5. The van der Waals surface area contributed by atoms with Gasteiger partial charge in [0, 0.05) is 13.1 Å². The largest absolute Gasteiger partial charge is 0.303 e. The van der Waals surface area contributed by atoms with Crippen LogP contribution in [0.4, 0.5) is 0 Å². The van der Waals surface area contributed by atoms with Crippen molar-refractivity contribution in [2.24, 2.45) is 5.92 Å². The number of aromatic nitrogens is 2. The lowest BCUT2D eigenvalue weighted by Gasteiger charge is -2.14. The van der Waals surface area contributed by atoms with E-state index >= 15 is 0 Å². The number of hydrogen-bond donors (Lipinski definition) is 1. The molecule has 0 bridgehead atoms. The van der Waals surface area contributed by atoms with Crippen molar-refractivity contribution in [3.8, 4) is 0 Å². The average Bonchev–Trinajstić information content (AvgIpc) is 3.13. The minimum Gasteiger partial charge on any atom is -0.303 e. The van der Waals surface area contributed by atoms with Gasteiger partial charge in [0.15, 0.2) is 0 Å². The summed E-state index contributed by atoms with van der Waals surface area (Å²) in [7, 11) is -3.56. The van der Waals surface area contributed by atoms with Crippen molar-refractivity contribution >= 4 is 32.8 Å². The van der Waals surface area contributed by atoms with Gasteiger partial charge in [-0.2, -0.15) is 8.75 Å². The number of sulfonamides is 1. The van der Waals surface area contributed by atoms with Crippen molar-refractivity contribution in [1.82, 2.24) is 18.4 Å². The smallest absolute Gasteiger partial charge is 0.243 e. The van der Waals surface area contributed by atoms with Crippen LogP contribution in [0.3, 0.4) is 0 Å². The molecule has 0 radical (unpaired) electrons. The third kappa shape index (κ3) is 3.01. The van der Waals surface area contributed by atoms with Crippen molar-refractivity contribution in [2.45, 2.75) is 25.2 Å². The Kier molecular flexibility index (Phi) is 4.44. The van der Waals surface area contributed by atoms with Crippen molar-refractivity contribution < 1.29 is 8.42 Å². The highest BCUT2D eigenvalue weighted by Gasteiger charge is 2.26. The van der Waals surface area contributed by atoms with Crippen LogP contribution in [0, 0.1) is 12.8 Å². The van der Waals surface area contributed by atoms with Crippen LogP contribution in [0.1, 0.15) is 18.9 Å². The normalized spacial score (nSPS) is 20.0. The number of nitrogens with zero attached hydrogens (tertiary/aromatic N) is 3. The monoisotopic (exact) mass is 340 g/mol. The molecule has 2 aromatic rings. The van der Waals surface area contributed by atoms with Gasteiger partial charge in [0.05, 0.1) is 11.7 Å². The third-order valence-electron chi connectivity index (χ3n) is 4.23. The third-order valence-corrected chi connectivity index (χ3v) is 6.37. The quantitative estimate of drug-likeness (QED) is 0.895. The summed E-state index contributed by atoms with van der Waals surface area (Å²) >= 11 is 1.04. The summed E-state index contributed by atoms with van der Waals surface area (Å²) in [6.45, 7) is 7.43. The van der Waals surface area contributed by atoms with E-state index in [4.69, 9.17) is 0 Å². The van der Waals surface area contributed by atoms with Gasteiger partial charge in [0.2, 0.25) is 10.0 Å². The molecule has 1 aromatic heterocycles. The predicted molar refractivity (Wildman–Crippen MR) is 87.6 cm³/mol. The van der Waals surface area contributed by atoms with E-state index in [0.717, 1.165) is 37.8 Å². The summed E-state index contributed by atoms with van der Waals surface area (Å²) in [6.07, 6.45) is 1.04. The lowest BCUT2D eigenvalue weighted by atomic mass is 10.1. The van der Waals surface area contributed by atoms with E-state index in [1.807, 2.05) is 6.07 Å². The van der Waals surface area contributed by atoms with Crippen LogP contribution in [-0.2, 0) is 10.0 Å². The van der Waals surface area contributed by atoms with Crippen LogP contribution in [-0.4, -0.2) is 48.2 Å².